The van der Waals surface area contributed by atoms with E-state index in [4.69, 9.17) is 0 Å². The third kappa shape index (κ3) is 6.64. The lowest BCUT2D eigenvalue weighted by Crippen LogP contribution is -2.44. The monoisotopic (exact) mass is 293 g/mol. The lowest BCUT2D eigenvalue weighted by Gasteiger charge is -2.36. The van der Waals surface area contributed by atoms with Crippen LogP contribution in [0.5, 0.6) is 0 Å². The number of hydrogen-bond donors (Lipinski definition) is 1. The van der Waals surface area contributed by atoms with Crippen LogP contribution in [0.3, 0.4) is 0 Å². The Kier molecular flexibility index (Phi) is 6.92. The van der Waals surface area contributed by atoms with Crippen LogP contribution in [0.15, 0.2) is 12.4 Å². The van der Waals surface area contributed by atoms with Crippen molar-refractivity contribution in [1.82, 2.24) is 15.1 Å². The van der Waals surface area contributed by atoms with Gasteiger partial charge in [0.2, 0.25) is 0 Å². The average Bonchev–Trinajstić information content (AvgIpc) is 2.83. The fourth-order valence-corrected chi connectivity index (χ4v) is 2.80. The topological polar surface area (TPSA) is 29.9 Å². The Labute approximate surface area is 131 Å². The van der Waals surface area contributed by atoms with Crippen LogP contribution in [0.1, 0.15) is 72.3 Å². The van der Waals surface area contributed by atoms with Gasteiger partial charge in [-0.2, -0.15) is 5.10 Å². The number of nitrogens with zero attached hydrogens (tertiary/aromatic N) is 2. The lowest BCUT2D eigenvalue weighted by atomic mass is 9.75. The first-order valence-electron chi connectivity index (χ1n) is 8.53. The van der Waals surface area contributed by atoms with Gasteiger partial charge in [0.15, 0.2) is 0 Å². The van der Waals surface area contributed by atoms with Gasteiger partial charge in [-0.25, -0.2) is 0 Å². The van der Waals surface area contributed by atoms with E-state index in [0.29, 0.717) is 5.41 Å². The fourth-order valence-electron chi connectivity index (χ4n) is 2.80. The normalized spacial score (nSPS) is 15.1. The van der Waals surface area contributed by atoms with Crippen molar-refractivity contribution in [3.05, 3.63) is 18.0 Å². The summed E-state index contributed by atoms with van der Waals surface area (Å²) in [5.74, 6) is 0. The number of aromatic nitrogens is 2. The van der Waals surface area contributed by atoms with Crippen molar-refractivity contribution in [2.24, 2.45) is 12.5 Å². The molecule has 1 aromatic heterocycles. The lowest BCUT2D eigenvalue weighted by molar-refractivity contribution is 0.192. The average molecular weight is 293 g/mol. The maximum Gasteiger partial charge on any atom is 0.0521 e. The zero-order valence-corrected chi connectivity index (χ0v) is 15.0. The molecular weight excluding hydrogens is 258 g/mol. The molecule has 1 N–H and O–H groups in total. The van der Waals surface area contributed by atoms with Crippen molar-refractivity contribution >= 4 is 0 Å². The molecular formula is C18H35N3. The molecule has 0 aliphatic carbocycles. The highest BCUT2D eigenvalue weighted by atomic mass is 15.2. The van der Waals surface area contributed by atoms with Gasteiger partial charge in [-0.3, -0.25) is 4.68 Å². The molecule has 1 aromatic rings. The van der Waals surface area contributed by atoms with Gasteiger partial charge in [0.05, 0.1) is 6.20 Å². The molecule has 0 saturated carbocycles. The summed E-state index contributed by atoms with van der Waals surface area (Å²) in [6, 6.07) is 0. The first kappa shape index (κ1) is 18.2. The second kappa shape index (κ2) is 7.98. The molecule has 0 aliphatic heterocycles. The van der Waals surface area contributed by atoms with Gasteiger partial charge < -0.3 is 5.32 Å². The van der Waals surface area contributed by atoms with Crippen LogP contribution in [-0.4, -0.2) is 21.9 Å². The molecule has 3 heteroatoms. The number of hydrogen-bond acceptors (Lipinski definition) is 2. The quantitative estimate of drug-likeness (QED) is 0.734. The summed E-state index contributed by atoms with van der Waals surface area (Å²) in [4.78, 5) is 0. The minimum Gasteiger partial charge on any atom is -0.312 e. The van der Waals surface area contributed by atoms with Crippen LogP contribution in [0.2, 0.25) is 0 Å². The Morgan fingerprint density at radius 3 is 2.38 bits per heavy atom. The first-order chi connectivity index (χ1) is 9.80. The van der Waals surface area contributed by atoms with E-state index < -0.39 is 0 Å². The molecule has 0 radical (unpaired) electrons. The minimum atomic E-state index is 0.195. The number of unbranched alkanes of at least 4 members (excludes halogenated alkanes) is 1. The Bertz CT molecular complexity index is 403. The highest BCUT2D eigenvalue weighted by molar-refractivity contribution is 5.04. The van der Waals surface area contributed by atoms with Gasteiger partial charge in [0.25, 0.3) is 0 Å². The third-order valence-corrected chi connectivity index (χ3v) is 4.51. The molecule has 0 amide bonds. The van der Waals surface area contributed by atoms with E-state index in [2.05, 4.69) is 51.2 Å². The summed E-state index contributed by atoms with van der Waals surface area (Å²) in [5, 5.41) is 8.03. The molecule has 1 heterocycles. The summed E-state index contributed by atoms with van der Waals surface area (Å²) in [5.41, 5.74) is 1.97. The zero-order valence-electron chi connectivity index (χ0n) is 15.0. The summed E-state index contributed by atoms with van der Waals surface area (Å²) in [6.07, 6.45) is 11.7. The smallest absolute Gasteiger partial charge is 0.0521 e. The minimum absolute atomic E-state index is 0.195. The molecule has 1 unspecified atom stereocenters. The van der Waals surface area contributed by atoms with Crippen LogP contribution < -0.4 is 5.32 Å². The van der Waals surface area contributed by atoms with E-state index in [-0.39, 0.29) is 5.54 Å². The van der Waals surface area contributed by atoms with E-state index in [1.54, 1.807) is 0 Å². The summed E-state index contributed by atoms with van der Waals surface area (Å²) in [7, 11) is 1.99. The Morgan fingerprint density at radius 1 is 1.19 bits per heavy atom. The van der Waals surface area contributed by atoms with E-state index in [0.717, 1.165) is 13.0 Å². The van der Waals surface area contributed by atoms with E-state index >= 15 is 0 Å². The Morgan fingerprint density at radius 2 is 1.90 bits per heavy atom. The van der Waals surface area contributed by atoms with Crippen LogP contribution in [0.4, 0.5) is 0 Å². The zero-order chi connectivity index (χ0) is 15.9. The van der Waals surface area contributed by atoms with Gasteiger partial charge in [0.1, 0.15) is 0 Å². The highest BCUT2D eigenvalue weighted by Gasteiger charge is 2.28. The SMILES string of the molecule is CCCCC(CC)(CCc1cnn(C)c1)CNC(C)(C)C. The number of rotatable bonds is 9. The molecule has 0 bridgehead atoms. The van der Waals surface area contributed by atoms with Crippen molar-refractivity contribution in [3.63, 3.8) is 0 Å². The predicted octanol–water partition coefficient (Wildman–Crippen LogP) is 4.33. The van der Waals surface area contributed by atoms with Crippen molar-refractivity contribution < 1.29 is 0 Å². The van der Waals surface area contributed by atoms with Gasteiger partial charge >= 0.3 is 0 Å². The molecule has 0 aromatic carbocycles. The van der Waals surface area contributed by atoms with E-state index in [1.165, 1.54) is 37.7 Å². The molecule has 0 aliphatic rings. The van der Waals surface area contributed by atoms with Gasteiger partial charge in [-0.15, -0.1) is 0 Å². The van der Waals surface area contributed by atoms with E-state index in [9.17, 15) is 0 Å². The van der Waals surface area contributed by atoms with Crippen molar-refractivity contribution in [2.75, 3.05) is 6.54 Å². The molecule has 21 heavy (non-hydrogen) atoms. The largest absolute Gasteiger partial charge is 0.312 e. The van der Waals surface area contributed by atoms with E-state index in [1.807, 2.05) is 17.9 Å². The van der Waals surface area contributed by atoms with Crippen molar-refractivity contribution in [2.45, 2.75) is 78.7 Å². The molecule has 1 rings (SSSR count). The van der Waals surface area contributed by atoms with Crippen LogP contribution in [-0.2, 0) is 13.5 Å². The molecule has 0 spiro atoms. The standard InChI is InChI=1S/C18H35N3/c1-7-9-11-18(8-2,15-19-17(3,4)5)12-10-16-13-20-21(6)14-16/h13-14,19H,7-12,15H2,1-6H3. The maximum absolute atomic E-state index is 4.29. The fraction of sp³-hybridized carbons (Fsp3) is 0.833. The molecule has 0 fully saturated rings. The van der Waals surface area contributed by atoms with Crippen LogP contribution >= 0.6 is 0 Å². The van der Waals surface area contributed by atoms with Crippen molar-refractivity contribution in [1.29, 1.82) is 0 Å². The van der Waals surface area contributed by atoms with Crippen LogP contribution in [0, 0.1) is 5.41 Å². The third-order valence-electron chi connectivity index (χ3n) is 4.51. The molecule has 1 atom stereocenters. The highest BCUT2D eigenvalue weighted by Crippen LogP contribution is 2.34. The summed E-state index contributed by atoms with van der Waals surface area (Å²) in [6.45, 7) is 12.5. The molecule has 0 saturated heterocycles. The first-order valence-corrected chi connectivity index (χ1v) is 8.53. The number of nitrogens with one attached hydrogen (secondary N) is 1. The van der Waals surface area contributed by atoms with Gasteiger partial charge in [-0.1, -0.05) is 26.7 Å². The Hall–Kier alpha value is -0.830. The second-order valence-electron chi connectivity index (χ2n) is 7.58. The molecule has 3 nitrogen and oxygen atoms in total. The predicted molar refractivity (Wildman–Crippen MR) is 91.5 cm³/mol. The maximum atomic E-state index is 4.29. The van der Waals surface area contributed by atoms with Crippen LogP contribution in [0.25, 0.3) is 0 Å². The Balaban J connectivity index is 2.68. The van der Waals surface area contributed by atoms with Gasteiger partial charge in [0, 0.05) is 25.3 Å². The van der Waals surface area contributed by atoms with Crippen molar-refractivity contribution in [3.8, 4) is 0 Å². The summed E-state index contributed by atoms with van der Waals surface area (Å²) < 4.78 is 1.91. The molecule has 122 valence electrons. The number of aryl methyl sites for hydroxylation is 2. The van der Waals surface area contributed by atoms with Gasteiger partial charge in [-0.05, 0) is 57.4 Å². The second-order valence-corrected chi connectivity index (χ2v) is 7.58. The summed E-state index contributed by atoms with van der Waals surface area (Å²) >= 11 is 0.